The topological polar surface area (TPSA) is 56.7 Å². The van der Waals surface area contributed by atoms with Gasteiger partial charge in [-0.1, -0.05) is 30.3 Å². The van der Waals surface area contributed by atoms with Crippen LogP contribution in [0.25, 0.3) is 0 Å². The van der Waals surface area contributed by atoms with Crippen molar-refractivity contribution in [1.29, 1.82) is 0 Å². The molecule has 0 bridgehead atoms. The fourth-order valence-electron chi connectivity index (χ4n) is 3.48. The Morgan fingerprint density at radius 2 is 2.04 bits per heavy atom. The minimum absolute atomic E-state index is 0.0444. The maximum Gasteiger partial charge on any atom is 0.236 e. The summed E-state index contributed by atoms with van der Waals surface area (Å²) in [6.45, 7) is 3.89. The molecule has 0 saturated carbocycles. The van der Waals surface area contributed by atoms with E-state index in [4.69, 9.17) is 0 Å². The van der Waals surface area contributed by atoms with Crippen LogP contribution in [0.3, 0.4) is 0 Å². The van der Waals surface area contributed by atoms with E-state index in [0.29, 0.717) is 32.6 Å². The predicted molar refractivity (Wildman–Crippen MR) is 96.8 cm³/mol. The van der Waals surface area contributed by atoms with Crippen LogP contribution in [0.15, 0.2) is 48.7 Å². The van der Waals surface area contributed by atoms with Gasteiger partial charge in [-0.25, -0.2) is 0 Å². The summed E-state index contributed by atoms with van der Waals surface area (Å²) in [5.74, 6) is 0.0444. The van der Waals surface area contributed by atoms with Crippen molar-refractivity contribution in [1.82, 2.24) is 14.8 Å². The van der Waals surface area contributed by atoms with E-state index in [0.717, 1.165) is 16.8 Å². The number of likely N-dealkylation sites (tertiary alicyclic amines) is 1. The van der Waals surface area contributed by atoms with Gasteiger partial charge < -0.3 is 10.0 Å². The quantitative estimate of drug-likeness (QED) is 0.904. The Balaban J connectivity index is 1.60. The van der Waals surface area contributed by atoms with Crippen LogP contribution in [0, 0.1) is 6.92 Å². The number of benzene rings is 1. The number of amides is 1. The molecule has 1 fully saturated rings. The van der Waals surface area contributed by atoms with Gasteiger partial charge in [-0.2, -0.15) is 0 Å². The number of carbonyl (C=O) groups excluding carboxylic acids is 1. The van der Waals surface area contributed by atoms with E-state index >= 15 is 0 Å². The van der Waals surface area contributed by atoms with Crippen LogP contribution in [0.1, 0.15) is 23.2 Å². The first kappa shape index (κ1) is 17.6. The third-order valence-electron chi connectivity index (χ3n) is 4.81. The molecule has 25 heavy (non-hydrogen) atoms. The van der Waals surface area contributed by atoms with Crippen molar-refractivity contribution >= 4 is 5.91 Å². The lowest BCUT2D eigenvalue weighted by molar-refractivity contribution is -0.132. The number of hydrogen-bond acceptors (Lipinski definition) is 4. The Bertz CT molecular complexity index is 735. The molecule has 1 N–H and O–H groups in total. The van der Waals surface area contributed by atoms with E-state index in [1.807, 2.05) is 61.3 Å². The Hall–Kier alpha value is -2.24. The minimum Gasteiger partial charge on any atom is -0.383 e. The highest BCUT2D eigenvalue weighted by atomic mass is 16.3. The van der Waals surface area contributed by atoms with Gasteiger partial charge in [0.2, 0.25) is 5.91 Å². The van der Waals surface area contributed by atoms with Crippen molar-refractivity contribution in [2.75, 3.05) is 26.7 Å². The van der Waals surface area contributed by atoms with Crippen LogP contribution in [0.5, 0.6) is 0 Å². The number of aryl methyl sites for hydroxylation is 1. The molecule has 2 heterocycles. The minimum atomic E-state index is -0.944. The zero-order chi connectivity index (χ0) is 17.9. The molecule has 5 nitrogen and oxygen atoms in total. The molecule has 1 aromatic carbocycles. The molecule has 2 aromatic rings. The maximum atomic E-state index is 12.6. The molecule has 1 aliphatic heterocycles. The van der Waals surface area contributed by atoms with Crippen molar-refractivity contribution in [2.24, 2.45) is 0 Å². The molecular formula is C20H25N3O2. The number of hydrogen-bond donors (Lipinski definition) is 1. The van der Waals surface area contributed by atoms with Crippen molar-refractivity contribution in [3.8, 4) is 0 Å². The van der Waals surface area contributed by atoms with Crippen LogP contribution >= 0.6 is 0 Å². The summed E-state index contributed by atoms with van der Waals surface area (Å²) < 4.78 is 0. The normalized spacial score (nSPS) is 20.2. The lowest BCUT2D eigenvalue weighted by atomic mass is 9.89. The third-order valence-corrected chi connectivity index (χ3v) is 4.81. The Morgan fingerprint density at radius 3 is 2.76 bits per heavy atom. The first-order valence-corrected chi connectivity index (χ1v) is 8.63. The van der Waals surface area contributed by atoms with Crippen molar-refractivity contribution in [2.45, 2.75) is 25.5 Å². The predicted octanol–water partition coefficient (Wildman–Crippen LogP) is 1.94. The number of likely N-dealkylation sites (N-methyl/N-ethyl adjacent to an activating group) is 1. The summed E-state index contributed by atoms with van der Waals surface area (Å²) >= 11 is 0. The van der Waals surface area contributed by atoms with Gasteiger partial charge in [0, 0.05) is 19.3 Å². The van der Waals surface area contributed by atoms with Gasteiger partial charge in [0.05, 0.1) is 18.8 Å². The molecule has 0 aliphatic carbocycles. The standard InChI is InChI=1S/C20H25N3O2/c1-16-7-3-4-9-18(16)20(25)10-12-23(15-20)19(24)14-22(2)13-17-8-5-6-11-21-17/h3-9,11,25H,10,12-15H2,1-2H3/t20-/m1/s1. The van der Waals surface area contributed by atoms with Gasteiger partial charge >= 0.3 is 0 Å². The van der Waals surface area contributed by atoms with Gasteiger partial charge in [0.15, 0.2) is 0 Å². The van der Waals surface area contributed by atoms with E-state index in [2.05, 4.69) is 4.98 Å². The summed E-state index contributed by atoms with van der Waals surface area (Å²) in [7, 11) is 1.91. The van der Waals surface area contributed by atoms with Gasteiger partial charge in [0.25, 0.3) is 0 Å². The Labute approximate surface area is 148 Å². The highest BCUT2D eigenvalue weighted by Crippen LogP contribution is 2.33. The number of nitrogens with zero attached hydrogens (tertiary/aromatic N) is 3. The molecule has 0 radical (unpaired) electrons. The number of carbonyl (C=O) groups is 1. The fraction of sp³-hybridized carbons (Fsp3) is 0.400. The monoisotopic (exact) mass is 339 g/mol. The molecule has 5 heteroatoms. The second kappa shape index (κ2) is 7.33. The maximum absolute atomic E-state index is 12.6. The summed E-state index contributed by atoms with van der Waals surface area (Å²) in [6.07, 6.45) is 2.33. The average Bonchev–Trinajstić information content (AvgIpc) is 2.99. The van der Waals surface area contributed by atoms with E-state index in [-0.39, 0.29) is 5.91 Å². The van der Waals surface area contributed by atoms with Crippen molar-refractivity contribution in [3.63, 3.8) is 0 Å². The van der Waals surface area contributed by atoms with Crippen LogP contribution < -0.4 is 0 Å². The second-order valence-electron chi connectivity index (χ2n) is 6.91. The smallest absolute Gasteiger partial charge is 0.236 e. The van der Waals surface area contributed by atoms with E-state index in [9.17, 15) is 9.90 Å². The lowest BCUT2D eigenvalue weighted by Gasteiger charge is -2.26. The van der Waals surface area contributed by atoms with Crippen molar-refractivity contribution in [3.05, 3.63) is 65.5 Å². The molecule has 1 aromatic heterocycles. The molecular weight excluding hydrogens is 314 g/mol. The molecule has 1 saturated heterocycles. The van der Waals surface area contributed by atoms with Gasteiger partial charge in [-0.3, -0.25) is 14.7 Å². The third kappa shape index (κ3) is 4.06. The van der Waals surface area contributed by atoms with Crippen LogP contribution in [0.2, 0.25) is 0 Å². The van der Waals surface area contributed by atoms with E-state index in [1.54, 1.807) is 11.1 Å². The molecule has 1 atom stereocenters. The highest BCUT2D eigenvalue weighted by Gasteiger charge is 2.40. The fourth-order valence-corrected chi connectivity index (χ4v) is 3.48. The number of aliphatic hydroxyl groups is 1. The first-order valence-electron chi connectivity index (χ1n) is 8.63. The number of rotatable bonds is 5. The number of pyridine rings is 1. The molecule has 1 aliphatic rings. The van der Waals surface area contributed by atoms with E-state index < -0.39 is 5.60 Å². The SMILES string of the molecule is Cc1ccccc1[C@@]1(O)CCN(C(=O)CN(C)Cc2ccccn2)C1. The number of aromatic nitrogens is 1. The Morgan fingerprint density at radius 1 is 1.28 bits per heavy atom. The largest absolute Gasteiger partial charge is 0.383 e. The summed E-state index contributed by atoms with van der Waals surface area (Å²) in [6, 6.07) is 13.6. The summed E-state index contributed by atoms with van der Waals surface area (Å²) in [5.41, 5.74) is 1.98. The summed E-state index contributed by atoms with van der Waals surface area (Å²) in [5, 5.41) is 11.0. The number of β-amino-alcohol motifs (C(OH)–C–C–N with tert-alkyl or cyclic N) is 1. The van der Waals surface area contributed by atoms with Gasteiger partial charge in [-0.15, -0.1) is 0 Å². The van der Waals surface area contributed by atoms with Crippen LogP contribution in [-0.4, -0.2) is 52.5 Å². The molecule has 0 unspecified atom stereocenters. The zero-order valence-electron chi connectivity index (χ0n) is 14.9. The Kier molecular flexibility index (Phi) is 5.16. The molecule has 0 spiro atoms. The average molecular weight is 339 g/mol. The molecule has 1 amide bonds. The van der Waals surface area contributed by atoms with Crippen LogP contribution in [0.4, 0.5) is 0 Å². The highest BCUT2D eigenvalue weighted by molar-refractivity contribution is 5.78. The van der Waals surface area contributed by atoms with Crippen molar-refractivity contribution < 1.29 is 9.90 Å². The van der Waals surface area contributed by atoms with Gasteiger partial charge in [-0.05, 0) is 43.7 Å². The molecule has 3 rings (SSSR count). The van der Waals surface area contributed by atoms with Crippen LogP contribution in [-0.2, 0) is 16.9 Å². The molecule has 132 valence electrons. The van der Waals surface area contributed by atoms with Gasteiger partial charge in [0.1, 0.15) is 5.60 Å². The zero-order valence-corrected chi connectivity index (χ0v) is 14.9. The summed E-state index contributed by atoms with van der Waals surface area (Å²) in [4.78, 5) is 20.6. The lowest BCUT2D eigenvalue weighted by Crippen LogP contribution is -2.40. The first-order chi connectivity index (χ1) is 12.0. The van der Waals surface area contributed by atoms with E-state index in [1.165, 1.54) is 0 Å². The second-order valence-corrected chi connectivity index (χ2v) is 6.91.